The van der Waals surface area contributed by atoms with Crippen LogP contribution < -0.4 is 37.2 Å². The van der Waals surface area contributed by atoms with E-state index < -0.39 is 101 Å². The molecule has 65 heavy (non-hydrogen) atoms. The molecule has 6 rings (SSSR count). The molecule has 2 aromatic heterocycles. The number of rotatable bonds is 10. The number of para-hydroxylation sites is 2. The van der Waals surface area contributed by atoms with Crippen molar-refractivity contribution in [2.24, 2.45) is 23.7 Å². The molecule has 352 valence electrons. The summed E-state index contributed by atoms with van der Waals surface area (Å²) in [6, 6.07) is 8.16. The number of hydrogen-bond donors (Lipinski definition) is 9. The fourth-order valence-corrected chi connectivity index (χ4v) is 8.95. The number of carbonyl (C=O) groups is 6. The first-order valence-corrected chi connectivity index (χ1v) is 23.1. The number of aromatic amines is 2. The highest BCUT2D eigenvalue weighted by Crippen LogP contribution is 2.29. The van der Waals surface area contributed by atoms with E-state index in [1.165, 1.54) is 0 Å². The summed E-state index contributed by atoms with van der Waals surface area (Å²) in [5.74, 6) is -4.15. The standard InChI is InChI=1S/C49H69N9O7/c1-25(2)19-35-44(61)56-39(27(5)6)45(62)54-37(22-30-24-51-34-18-14-12-16-32(30)34)43(60)55-38(20-26(3)4)48-58-41(49(9,10)65-48)47(64)57-40(28(7)8)46(63)53-36(42(59)52-35)21-29-23-50-33-17-13-11-15-31(29)33/h11-18,23-28,35-41,48,50-51,58H,19-22H2,1-10H3,(H,52,59)(H,53,63)(H,54,62)(H,55,60)(H,56,61)(H,57,64)/t35?,36?,37?,38?,39?,40?,41-,48?/m0/s1. The molecule has 4 aromatic rings. The lowest BCUT2D eigenvalue weighted by Crippen LogP contribution is -2.61. The van der Waals surface area contributed by atoms with Gasteiger partial charge in [0, 0.05) is 47.0 Å². The predicted molar refractivity (Wildman–Crippen MR) is 250 cm³/mol. The first-order chi connectivity index (χ1) is 30.7. The van der Waals surface area contributed by atoms with E-state index in [9.17, 15) is 28.8 Å². The van der Waals surface area contributed by atoms with E-state index in [1.54, 1.807) is 47.7 Å². The van der Waals surface area contributed by atoms with E-state index >= 15 is 0 Å². The molecular formula is C49H69N9O7. The fourth-order valence-electron chi connectivity index (χ4n) is 8.95. The zero-order chi connectivity index (χ0) is 47.3. The van der Waals surface area contributed by atoms with Crippen LogP contribution in [0.4, 0.5) is 0 Å². The summed E-state index contributed by atoms with van der Waals surface area (Å²) in [7, 11) is 0. The third-order valence-electron chi connectivity index (χ3n) is 12.4. The molecule has 4 heterocycles. The summed E-state index contributed by atoms with van der Waals surface area (Å²) in [5, 5.41) is 22.9. The maximum atomic E-state index is 14.7. The number of hydrogen-bond acceptors (Lipinski definition) is 8. The smallest absolute Gasteiger partial charge is 0.243 e. The molecule has 16 nitrogen and oxygen atoms in total. The lowest BCUT2D eigenvalue weighted by Gasteiger charge is -2.31. The first kappa shape index (κ1) is 48.7. The molecular weight excluding hydrogens is 827 g/mol. The molecule has 2 aliphatic rings. The maximum Gasteiger partial charge on any atom is 0.243 e. The normalized spacial score (nSPS) is 26.5. The number of ether oxygens (including phenoxy) is 1. The molecule has 7 unspecified atom stereocenters. The van der Waals surface area contributed by atoms with E-state index in [1.807, 2.05) is 82.4 Å². The average Bonchev–Trinajstić information content (AvgIpc) is 3.94. The highest BCUT2D eigenvalue weighted by Gasteiger charge is 2.49. The number of fused-ring (bicyclic) bond motifs is 4. The van der Waals surface area contributed by atoms with Gasteiger partial charge in [0.05, 0.1) is 11.6 Å². The second-order valence-electron chi connectivity index (χ2n) is 19.9. The molecule has 0 aliphatic carbocycles. The molecule has 0 radical (unpaired) electrons. The third-order valence-corrected chi connectivity index (χ3v) is 12.4. The molecule has 2 saturated heterocycles. The second-order valence-corrected chi connectivity index (χ2v) is 19.9. The number of aromatic nitrogens is 2. The third kappa shape index (κ3) is 11.8. The number of carbonyl (C=O) groups excluding carboxylic acids is 6. The Kier molecular flexibility index (Phi) is 15.4. The Morgan fingerprint density at radius 3 is 1.43 bits per heavy atom. The van der Waals surface area contributed by atoms with Gasteiger partial charge >= 0.3 is 0 Å². The SMILES string of the molecule is CC(C)CC1NC(=O)C(Cc2c[nH]c3ccccc23)NC(=O)C(C(C)C)NC(=O)[C@@H]2NC(OC2(C)C)C(CC(C)C)NC(=O)C(Cc2c[nH]c3ccccc23)NC(=O)C(C(C)C)NC1=O. The Labute approximate surface area is 381 Å². The molecule has 2 bridgehead atoms. The van der Waals surface area contributed by atoms with Gasteiger partial charge in [-0.3, -0.25) is 34.1 Å². The van der Waals surface area contributed by atoms with Crippen LogP contribution in [0.25, 0.3) is 21.8 Å². The van der Waals surface area contributed by atoms with Crippen molar-refractivity contribution in [1.29, 1.82) is 0 Å². The van der Waals surface area contributed by atoms with E-state index in [4.69, 9.17) is 4.74 Å². The van der Waals surface area contributed by atoms with Crippen LogP contribution in [0.5, 0.6) is 0 Å². The van der Waals surface area contributed by atoms with Gasteiger partial charge in [0.1, 0.15) is 42.5 Å². The van der Waals surface area contributed by atoms with Crippen molar-refractivity contribution in [3.63, 3.8) is 0 Å². The summed E-state index contributed by atoms with van der Waals surface area (Å²) in [4.78, 5) is 93.3. The molecule has 8 atom stereocenters. The summed E-state index contributed by atoms with van der Waals surface area (Å²) in [6.07, 6.45) is 3.64. The average molecular weight is 896 g/mol. The van der Waals surface area contributed by atoms with Gasteiger partial charge in [-0.2, -0.15) is 0 Å². The van der Waals surface area contributed by atoms with Crippen molar-refractivity contribution < 1.29 is 33.5 Å². The summed E-state index contributed by atoms with van der Waals surface area (Å²) in [6.45, 7) is 18.6. The van der Waals surface area contributed by atoms with Gasteiger partial charge in [-0.05, 0) is 73.6 Å². The highest BCUT2D eigenvalue weighted by molar-refractivity contribution is 5.98. The van der Waals surface area contributed by atoms with E-state index in [-0.39, 0.29) is 31.1 Å². The quantitative estimate of drug-likeness (QED) is 0.113. The van der Waals surface area contributed by atoms with E-state index in [2.05, 4.69) is 47.2 Å². The van der Waals surface area contributed by atoms with Crippen molar-refractivity contribution in [3.8, 4) is 0 Å². The molecule has 6 amide bonds. The van der Waals surface area contributed by atoms with Crippen LogP contribution in [0.15, 0.2) is 60.9 Å². The first-order valence-electron chi connectivity index (χ1n) is 23.1. The molecule has 2 fully saturated rings. The van der Waals surface area contributed by atoms with Crippen LogP contribution in [0, 0.1) is 23.7 Å². The zero-order valence-electron chi connectivity index (χ0n) is 39.4. The van der Waals surface area contributed by atoms with Crippen molar-refractivity contribution in [2.45, 2.75) is 149 Å². The van der Waals surface area contributed by atoms with Crippen molar-refractivity contribution in [1.82, 2.24) is 47.2 Å². The van der Waals surface area contributed by atoms with Crippen LogP contribution in [0.1, 0.15) is 93.2 Å². The molecule has 0 saturated carbocycles. The van der Waals surface area contributed by atoms with Gasteiger partial charge in [0.2, 0.25) is 35.4 Å². The Morgan fingerprint density at radius 2 is 0.954 bits per heavy atom. The molecule has 2 aromatic carbocycles. The van der Waals surface area contributed by atoms with Crippen molar-refractivity contribution in [3.05, 3.63) is 72.1 Å². The fraction of sp³-hybridized carbons (Fsp3) is 0.551. The van der Waals surface area contributed by atoms with Crippen LogP contribution in [0.3, 0.4) is 0 Å². The molecule has 9 N–H and O–H groups in total. The van der Waals surface area contributed by atoms with E-state index in [0.29, 0.717) is 6.42 Å². The lowest BCUT2D eigenvalue weighted by atomic mass is 9.96. The summed E-state index contributed by atoms with van der Waals surface area (Å²) < 4.78 is 6.54. The monoisotopic (exact) mass is 896 g/mol. The van der Waals surface area contributed by atoms with Crippen molar-refractivity contribution >= 4 is 57.2 Å². The number of nitrogens with one attached hydrogen (secondary N) is 9. The van der Waals surface area contributed by atoms with Crippen molar-refractivity contribution in [2.75, 3.05) is 0 Å². The highest BCUT2D eigenvalue weighted by atomic mass is 16.5. The van der Waals surface area contributed by atoms with Crippen LogP contribution >= 0.6 is 0 Å². The second kappa shape index (κ2) is 20.6. The van der Waals surface area contributed by atoms with Crippen LogP contribution in [-0.2, 0) is 46.3 Å². The predicted octanol–water partition coefficient (Wildman–Crippen LogP) is 3.85. The van der Waals surface area contributed by atoms with E-state index in [0.717, 1.165) is 32.9 Å². The Hall–Kier alpha value is -5.74. The topological polar surface area (TPSA) is 227 Å². The van der Waals surface area contributed by atoms with Crippen LogP contribution in [0.2, 0.25) is 0 Å². The van der Waals surface area contributed by atoms with Gasteiger partial charge in [-0.25, -0.2) is 0 Å². The van der Waals surface area contributed by atoms with Gasteiger partial charge in [0.15, 0.2) is 0 Å². The van der Waals surface area contributed by atoms with Gasteiger partial charge < -0.3 is 46.6 Å². The molecule has 2 aliphatic heterocycles. The molecule has 0 spiro atoms. The largest absolute Gasteiger partial charge is 0.361 e. The summed E-state index contributed by atoms with van der Waals surface area (Å²) in [5.41, 5.74) is 2.20. The Bertz CT molecular complexity index is 2350. The number of benzene rings is 2. The van der Waals surface area contributed by atoms with Gasteiger partial charge in [-0.1, -0.05) is 91.8 Å². The maximum absolute atomic E-state index is 14.7. The minimum atomic E-state index is -1.17. The minimum Gasteiger partial charge on any atom is -0.361 e. The Morgan fingerprint density at radius 1 is 0.523 bits per heavy atom. The van der Waals surface area contributed by atoms with Gasteiger partial charge in [-0.15, -0.1) is 0 Å². The van der Waals surface area contributed by atoms with Crippen LogP contribution in [-0.4, -0.2) is 99.5 Å². The minimum absolute atomic E-state index is 0.0609. The van der Waals surface area contributed by atoms with Gasteiger partial charge in [0.25, 0.3) is 0 Å². The molecule has 16 heteroatoms. The number of amides is 6. The summed E-state index contributed by atoms with van der Waals surface area (Å²) >= 11 is 0. The lowest BCUT2D eigenvalue weighted by molar-refractivity contribution is -0.137. The number of H-pyrrole nitrogens is 2. The Balaban J connectivity index is 1.41. The zero-order valence-corrected chi connectivity index (χ0v) is 39.4.